The summed E-state index contributed by atoms with van der Waals surface area (Å²) in [7, 11) is 0. The summed E-state index contributed by atoms with van der Waals surface area (Å²) in [6, 6.07) is 5.49. The van der Waals surface area contributed by atoms with Crippen molar-refractivity contribution >= 4 is 22.8 Å². The number of nitrogen functional groups attached to an aromatic ring is 1. The molecule has 0 saturated heterocycles. The molecule has 1 aromatic carbocycles. The maximum absolute atomic E-state index is 12.9. The number of rotatable bonds is 4. The molecule has 4 N–H and O–H groups in total. The summed E-state index contributed by atoms with van der Waals surface area (Å²) in [5.41, 5.74) is 5.69. The molecular formula is C18H14F3N7O2. The lowest BCUT2D eigenvalue weighted by molar-refractivity contribution is -0.137. The van der Waals surface area contributed by atoms with Gasteiger partial charge in [-0.3, -0.25) is 4.79 Å². The molecule has 154 valence electrons. The van der Waals surface area contributed by atoms with Crippen LogP contribution in [-0.2, 0) is 6.18 Å². The standard InChI is InChI=1S/C18H14F3N7O2/c1-8(25-17(29)13-6-15(22)24-7-23-13)14-5-12(28-30-14)16-26-10-3-2-9(18(19,20)21)4-11(10)27-16/h2-8H,1H3,(H,25,29)(H,26,27)(H2,22,23,24)/t8-/m1/s1. The van der Waals surface area contributed by atoms with Crippen LogP contribution in [0.2, 0.25) is 0 Å². The molecule has 0 aliphatic rings. The molecule has 0 spiro atoms. The van der Waals surface area contributed by atoms with Gasteiger partial charge in [-0.05, 0) is 25.1 Å². The molecule has 0 radical (unpaired) electrons. The minimum Gasteiger partial charge on any atom is -0.384 e. The van der Waals surface area contributed by atoms with E-state index in [0.29, 0.717) is 11.3 Å². The lowest BCUT2D eigenvalue weighted by Crippen LogP contribution is -2.27. The molecule has 4 rings (SSSR count). The molecule has 0 fully saturated rings. The van der Waals surface area contributed by atoms with E-state index >= 15 is 0 Å². The summed E-state index contributed by atoms with van der Waals surface area (Å²) in [5.74, 6) is 0.222. The number of carbonyl (C=O) groups excluding carboxylic acids is 1. The molecule has 30 heavy (non-hydrogen) atoms. The van der Waals surface area contributed by atoms with E-state index in [2.05, 4.69) is 30.4 Å². The first-order chi connectivity index (χ1) is 14.2. The predicted molar refractivity (Wildman–Crippen MR) is 98.9 cm³/mol. The number of anilines is 1. The molecule has 1 atom stereocenters. The monoisotopic (exact) mass is 417 g/mol. The number of imidazole rings is 1. The van der Waals surface area contributed by atoms with Crippen molar-refractivity contribution in [2.75, 3.05) is 5.73 Å². The molecule has 1 amide bonds. The fraction of sp³-hybridized carbons (Fsp3) is 0.167. The van der Waals surface area contributed by atoms with Crippen molar-refractivity contribution in [1.82, 2.24) is 30.4 Å². The van der Waals surface area contributed by atoms with Gasteiger partial charge in [0.05, 0.1) is 22.6 Å². The Morgan fingerprint density at radius 1 is 1.23 bits per heavy atom. The Bertz CT molecular complexity index is 1230. The van der Waals surface area contributed by atoms with Crippen molar-refractivity contribution in [3.8, 4) is 11.5 Å². The third-order valence-electron chi connectivity index (χ3n) is 4.28. The van der Waals surface area contributed by atoms with Crippen molar-refractivity contribution in [2.45, 2.75) is 19.1 Å². The van der Waals surface area contributed by atoms with Gasteiger partial charge in [-0.1, -0.05) is 5.16 Å². The van der Waals surface area contributed by atoms with Crippen LogP contribution >= 0.6 is 0 Å². The minimum absolute atomic E-state index is 0.0897. The molecule has 12 heteroatoms. The van der Waals surface area contributed by atoms with Crippen LogP contribution in [0.4, 0.5) is 19.0 Å². The largest absolute Gasteiger partial charge is 0.416 e. The molecule has 3 aromatic heterocycles. The zero-order chi connectivity index (χ0) is 21.5. The number of halogens is 3. The van der Waals surface area contributed by atoms with Gasteiger partial charge in [0.15, 0.2) is 11.6 Å². The second-order valence-electron chi connectivity index (χ2n) is 6.45. The molecule has 0 unspecified atom stereocenters. The number of nitrogens with two attached hydrogens (primary N) is 1. The van der Waals surface area contributed by atoms with Crippen LogP contribution in [0, 0.1) is 0 Å². The highest BCUT2D eigenvalue weighted by Crippen LogP contribution is 2.31. The average molecular weight is 417 g/mol. The number of benzene rings is 1. The number of H-pyrrole nitrogens is 1. The Kier molecular flexibility index (Phi) is 4.60. The summed E-state index contributed by atoms with van der Waals surface area (Å²) in [6.07, 6.45) is -3.28. The van der Waals surface area contributed by atoms with Crippen molar-refractivity contribution in [3.63, 3.8) is 0 Å². The van der Waals surface area contributed by atoms with Crippen LogP contribution in [0.15, 0.2) is 41.2 Å². The Morgan fingerprint density at radius 3 is 2.77 bits per heavy atom. The molecule has 9 nitrogen and oxygen atoms in total. The molecule has 3 heterocycles. The number of alkyl halides is 3. The zero-order valence-electron chi connectivity index (χ0n) is 15.4. The SMILES string of the molecule is C[C@@H](NC(=O)c1cc(N)ncn1)c1cc(-c2nc3ccc(C(F)(F)F)cc3[nH]2)no1. The van der Waals surface area contributed by atoms with Gasteiger partial charge in [0, 0.05) is 12.1 Å². The zero-order valence-corrected chi connectivity index (χ0v) is 15.4. The van der Waals surface area contributed by atoms with E-state index in [1.165, 1.54) is 24.5 Å². The highest BCUT2D eigenvalue weighted by molar-refractivity contribution is 5.93. The maximum atomic E-state index is 12.9. The van der Waals surface area contributed by atoms with Gasteiger partial charge in [0.2, 0.25) is 0 Å². The van der Waals surface area contributed by atoms with Gasteiger partial charge in [-0.15, -0.1) is 0 Å². The minimum atomic E-state index is -4.46. The Labute approximate surface area is 166 Å². The van der Waals surface area contributed by atoms with E-state index in [4.69, 9.17) is 10.3 Å². The summed E-state index contributed by atoms with van der Waals surface area (Å²) in [6.45, 7) is 1.67. The highest BCUT2D eigenvalue weighted by Gasteiger charge is 2.31. The van der Waals surface area contributed by atoms with Crippen LogP contribution in [0.3, 0.4) is 0 Å². The molecule has 0 aliphatic heterocycles. The van der Waals surface area contributed by atoms with Crippen LogP contribution in [0.5, 0.6) is 0 Å². The van der Waals surface area contributed by atoms with Crippen LogP contribution in [-0.4, -0.2) is 31.0 Å². The van der Waals surface area contributed by atoms with Crippen molar-refractivity contribution in [3.05, 3.63) is 53.7 Å². The number of hydrogen-bond donors (Lipinski definition) is 3. The number of nitrogens with zero attached hydrogens (tertiary/aromatic N) is 4. The maximum Gasteiger partial charge on any atom is 0.416 e. The van der Waals surface area contributed by atoms with Gasteiger partial charge in [0.1, 0.15) is 23.5 Å². The topological polar surface area (TPSA) is 136 Å². The lowest BCUT2D eigenvalue weighted by Gasteiger charge is -2.09. The number of hydrogen-bond acceptors (Lipinski definition) is 7. The number of nitrogens with one attached hydrogen (secondary N) is 2. The number of aromatic amines is 1. The smallest absolute Gasteiger partial charge is 0.384 e. The fourth-order valence-corrected chi connectivity index (χ4v) is 2.75. The highest BCUT2D eigenvalue weighted by atomic mass is 19.4. The number of carbonyl (C=O) groups is 1. The number of fused-ring (bicyclic) bond motifs is 1. The number of amides is 1. The second kappa shape index (κ2) is 7.13. The predicted octanol–water partition coefficient (Wildman–Crippen LogP) is 3.10. The van der Waals surface area contributed by atoms with E-state index in [1.807, 2.05) is 0 Å². The van der Waals surface area contributed by atoms with Crippen molar-refractivity contribution in [1.29, 1.82) is 0 Å². The summed E-state index contributed by atoms with van der Waals surface area (Å²) >= 11 is 0. The Morgan fingerprint density at radius 2 is 2.03 bits per heavy atom. The summed E-state index contributed by atoms with van der Waals surface area (Å²) in [4.78, 5) is 26.9. The summed E-state index contributed by atoms with van der Waals surface area (Å²) < 4.78 is 43.9. The van der Waals surface area contributed by atoms with Gasteiger partial charge in [0.25, 0.3) is 5.91 Å². The van der Waals surface area contributed by atoms with Crippen LogP contribution < -0.4 is 11.1 Å². The normalized spacial score (nSPS) is 12.8. The van der Waals surface area contributed by atoms with E-state index < -0.39 is 23.7 Å². The van der Waals surface area contributed by atoms with E-state index in [9.17, 15) is 18.0 Å². The number of aromatic nitrogens is 5. The van der Waals surface area contributed by atoms with Crippen molar-refractivity contribution < 1.29 is 22.5 Å². The third-order valence-corrected chi connectivity index (χ3v) is 4.28. The first kappa shape index (κ1) is 19.4. The molecule has 4 aromatic rings. The third kappa shape index (κ3) is 3.79. The average Bonchev–Trinajstić information content (AvgIpc) is 3.33. The van der Waals surface area contributed by atoms with Crippen LogP contribution in [0.1, 0.15) is 34.8 Å². The van der Waals surface area contributed by atoms with E-state index in [0.717, 1.165) is 12.1 Å². The van der Waals surface area contributed by atoms with Gasteiger partial charge in [-0.25, -0.2) is 15.0 Å². The summed E-state index contributed by atoms with van der Waals surface area (Å²) in [5, 5.41) is 6.56. The van der Waals surface area contributed by atoms with Gasteiger partial charge < -0.3 is 20.6 Å². The molecule has 0 saturated carbocycles. The first-order valence-corrected chi connectivity index (χ1v) is 8.63. The fourth-order valence-electron chi connectivity index (χ4n) is 2.75. The lowest BCUT2D eigenvalue weighted by atomic mass is 10.2. The van der Waals surface area contributed by atoms with E-state index in [-0.39, 0.29) is 28.5 Å². The van der Waals surface area contributed by atoms with E-state index in [1.54, 1.807) is 6.92 Å². The van der Waals surface area contributed by atoms with Crippen LogP contribution in [0.25, 0.3) is 22.6 Å². The quantitative estimate of drug-likeness (QED) is 0.464. The first-order valence-electron chi connectivity index (χ1n) is 8.63. The Balaban J connectivity index is 1.54. The Hall–Kier alpha value is -3.96. The molecular weight excluding hydrogens is 403 g/mol. The molecule has 0 aliphatic carbocycles. The second-order valence-corrected chi connectivity index (χ2v) is 6.45. The van der Waals surface area contributed by atoms with Gasteiger partial charge >= 0.3 is 6.18 Å². The van der Waals surface area contributed by atoms with Crippen molar-refractivity contribution in [2.24, 2.45) is 0 Å². The molecule has 0 bridgehead atoms. The van der Waals surface area contributed by atoms with Gasteiger partial charge in [-0.2, -0.15) is 13.2 Å².